The lowest BCUT2D eigenvalue weighted by Gasteiger charge is -2.10. The number of esters is 1. The molecule has 0 aliphatic rings. The Morgan fingerprint density at radius 3 is 2.75 bits per heavy atom. The number of benzene rings is 1. The second kappa shape index (κ2) is 8.51. The van der Waals surface area contributed by atoms with Gasteiger partial charge in [-0.25, -0.2) is 9.37 Å². The summed E-state index contributed by atoms with van der Waals surface area (Å²) in [5, 5.41) is 4.66. The molecule has 0 aliphatic carbocycles. The number of hydrogen-bond acceptors (Lipinski definition) is 6. The van der Waals surface area contributed by atoms with E-state index in [2.05, 4.69) is 10.3 Å². The minimum absolute atomic E-state index is 0.0574. The van der Waals surface area contributed by atoms with Crippen LogP contribution in [-0.2, 0) is 27.2 Å². The molecule has 0 fully saturated rings. The summed E-state index contributed by atoms with van der Waals surface area (Å²) in [6.07, 6.45) is 0.342. The summed E-state index contributed by atoms with van der Waals surface area (Å²) in [5.74, 6) is -1.10. The highest BCUT2D eigenvalue weighted by molar-refractivity contribution is 7.13. The zero-order valence-electron chi connectivity index (χ0n) is 13.1. The topological polar surface area (TPSA) is 94.3 Å². The summed E-state index contributed by atoms with van der Waals surface area (Å²) in [5.41, 5.74) is 7.15. The average Bonchev–Trinajstić information content (AvgIpc) is 2.96. The Balaban J connectivity index is 1.88. The number of nitrogens with two attached hydrogens (primary N) is 1. The SMILES string of the molecule is CCOC(=O)Cc1csc(NC(=O)C(N)Cc2ccc(F)cc2)n1. The van der Waals surface area contributed by atoms with Gasteiger partial charge in [-0.1, -0.05) is 12.1 Å². The number of anilines is 1. The monoisotopic (exact) mass is 351 g/mol. The second-order valence-corrected chi connectivity index (χ2v) is 5.91. The molecule has 1 aromatic carbocycles. The molecule has 0 saturated heterocycles. The number of carbonyl (C=O) groups is 2. The van der Waals surface area contributed by atoms with Crippen molar-refractivity contribution in [3.63, 3.8) is 0 Å². The van der Waals surface area contributed by atoms with E-state index in [9.17, 15) is 14.0 Å². The van der Waals surface area contributed by atoms with Crippen LogP contribution >= 0.6 is 11.3 Å². The third-order valence-corrected chi connectivity index (χ3v) is 3.92. The second-order valence-electron chi connectivity index (χ2n) is 5.05. The van der Waals surface area contributed by atoms with Crippen molar-refractivity contribution in [3.8, 4) is 0 Å². The fourth-order valence-corrected chi connectivity index (χ4v) is 2.68. The molecule has 1 heterocycles. The highest BCUT2D eigenvalue weighted by atomic mass is 32.1. The summed E-state index contributed by atoms with van der Waals surface area (Å²) >= 11 is 1.21. The average molecular weight is 351 g/mol. The Morgan fingerprint density at radius 2 is 2.08 bits per heavy atom. The number of amides is 1. The van der Waals surface area contributed by atoms with Gasteiger partial charge in [0, 0.05) is 5.38 Å². The summed E-state index contributed by atoms with van der Waals surface area (Å²) in [6.45, 7) is 2.04. The minimum Gasteiger partial charge on any atom is -0.466 e. The van der Waals surface area contributed by atoms with Crippen LogP contribution in [0.5, 0.6) is 0 Å². The number of carbonyl (C=O) groups excluding carboxylic acids is 2. The van der Waals surface area contributed by atoms with Gasteiger partial charge >= 0.3 is 5.97 Å². The van der Waals surface area contributed by atoms with E-state index in [0.717, 1.165) is 5.56 Å². The Labute approximate surface area is 142 Å². The van der Waals surface area contributed by atoms with Crippen LogP contribution in [0.25, 0.3) is 0 Å². The van der Waals surface area contributed by atoms with Crippen LogP contribution in [0.3, 0.4) is 0 Å². The van der Waals surface area contributed by atoms with Crippen LogP contribution in [0.1, 0.15) is 18.2 Å². The lowest BCUT2D eigenvalue weighted by Crippen LogP contribution is -2.37. The zero-order chi connectivity index (χ0) is 17.5. The smallest absolute Gasteiger partial charge is 0.311 e. The zero-order valence-corrected chi connectivity index (χ0v) is 13.9. The van der Waals surface area contributed by atoms with Crippen LogP contribution in [0, 0.1) is 5.82 Å². The first-order chi connectivity index (χ1) is 11.5. The van der Waals surface area contributed by atoms with E-state index in [-0.39, 0.29) is 24.6 Å². The molecule has 1 amide bonds. The van der Waals surface area contributed by atoms with Crippen molar-refractivity contribution >= 4 is 28.3 Å². The van der Waals surface area contributed by atoms with Crippen LogP contribution in [0.2, 0.25) is 0 Å². The molecule has 0 spiro atoms. The molecule has 2 aromatic rings. The highest BCUT2D eigenvalue weighted by Crippen LogP contribution is 2.16. The fourth-order valence-electron chi connectivity index (χ4n) is 1.97. The van der Waals surface area contributed by atoms with Gasteiger partial charge in [-0.05, 0) is 31.0 Å². The molecule has 1 unspecified atom stereocenters. The normalized spacial score (nSPS) is 11.8. The Bertz CT molecular complexity index is 703. The number of ether oxygens (including phenoxy) is 1. The van der Waals surface area contributed by atoms with Gasteiger partial charge in [-0.2, -0.15) is 0 Å². The summed E-state index contributed by atoms with van der Waals surface area (Å²) < 4.78 is 17.7. The lowest BCUT2D eigenvalue weighted by atomic mass is 10.1. The molecule has 24 heavy (non-hydrogen) atoms. The fraction of sp³-hybridized carbons (Fsp3) is 0.312. The van der Waals surface area contributed by atoms with E-state index < -0.39 is 11.9 Å². The molecule has 0 radical (unpaired) electrons. The van der Waals surface area contributed by atoms with E-state index >= 15 is 0 Å². The number of hydrogen-bond donors (Lipinski definition) is 2. The third kappa shape index (κ3) is 5.39. The highest BCUT2D eigenvalue weighted by Gasteiger charge is 2.16. The largest absolute Gasteiger partial charge is 0.466 e. The molecule has 0 saturated carbocycles. The maximum absolute atomic E-state index is 12.9. The van der Waals surface area contributed by atoms with Gasteiger partial charge < -0.3 is 15.8 Å². The van der Waals surface area contributed by atoms with Gasteiger partial charge in [-0.3, -0.25) is 9.59 Å². The number of rotatable bonds is 7. The van der Waals surface area contributed by atoms with E-state index in [4.69, 9.17) is 10.5 Å². The standard InChI is InChI=1S/C16H18FN3O3S/c1-2-23-14(21)8-12-9-24-16(19-12)20-15(22)13(18)7-10-3-5-11(17)6-4-10/h3-6,9,13H,2,7-8,18H2,1H3,(H,19,20,22). The first kappa shape index (κ1) is 18.0. The first-order valence-electron chi connectivity index (χ1n) is 7.39. The van der Waals surface area contributed by atoms with E-state index in [1.165, 1.54) is 23.5 Å². The Kier molecular flexibility index (Phi) is 6.39. The van der Waals surface area contributed by atoms with Gasteiger partial charge in [0.2, 0.25) is 5.91 Å². The lowest BCUT2D eigenvalue weighted by molar-refractivity contribution is -0.142. The van der Waals surface area contributed by atoms with Crippen LogP contribution in [0.4, 0.5) is 9.52 Å². The number of nitrogens with one attached hydrogen (secondary N) is 1. The molecule has 8 heteroatoms. The summed E-state index contributed by atoms with van der Waals surface area (Å²) in [6, 6.07) is 5.03. The van der Waals surface area contributed by atoms with Crippen molar-refractivity contribution in [1.29, 1.82) is 0 Å². The molecule has 1 aromatic heterocycles. The first-order valence-corrected chi connectivity index (χ1v) is 8.26. The molecule has 1 atom stereocenters. The van der Waals surface area contributed by atoms with Gasteiger partial charge in [0.05, 0.1) is 24.8 Å². The molecule has 2 rings (SSSR count). The van der Waals surface area contributed by atoms with Crippen molar-refractivity contribution in [1.82, 2.24) is 4.98 Å². The molecule has 0 aliphatic heterocycles. The minimum atomic E-state index is -0.784. The summed E-state index contributed by atoms with van der Waals surface area (Å²) in [7, 11) is 0. The van der Waals surface area contributed by atoms with Crippen LogP contribution in [0.15, 0.2) is 29.6 Å². The van der Waals surface area contributed by atoms with Crippen LogP contribution in [-0.4, -0.2) is 29.5 Å². The van der Waals surface area contributed by atoms with E-state index in [1.54, 1.807) is 24.4 Å². The Hall–Kier alpha value is -2.32. The van der Waals surface area contributed by atoms with E-state index in [0.29, 0.717) is 17.4 Å². The number of thiazole rings is 1. The molecular weight excluding hydrogens is 333 g/mol. The number of halogens is 1. The van der Waals surface area contributed by atoms with Gasteiger partial charge in [0.15, 0.2) is 5.13 Å². The molecule has 6 nitrogen and oxygen atoms in total. The number of aromatic nitrogens is 1. The number of nitrogens with zero attached hydrogens (tertiary/aromatic N) is 1. The van der Waals surface area contributed by atoms with Crippen molar-refractivity contribution in [2.75, 3.05) is 11.9 Å². The quantitative estimate of drug-likeness (QED) is 0.743. The maximum Gasteiger partial charge on any atom is 0.311 e. The van der Waals surface area contributed by atoms with E-state index in [1.807, 2.05) is 0 Å². The van der Waals surface area contributed by atoms with Crippen LogP contribution < -0.4 is 11.1 Å². The summed E-state index contributed by atoms with van der Waals surface area (Å²) in [4.78, 5) is 27.6. The maximum atomic E-state index is 12.9. The molecular formula is C16H18FN3O3S. The van der Waals surface area contributed by atoms with Gasteiger partial charge in [0.25, 0.3) is 0 Å². The van der Waals surface area contributed by atoms with Crippen molar-refractivity contribution in [2.24, 2.45) is 5.73 Å². The third-order valence-electron chi connectivity index (χ3n) is 3.12. The molecule has 3 N–H and O–H groups in total. The van der Waals surface area contributed by atoms with Gasteiger partial charge in [-0.15, -0.1) is 11.3 Å². The molecule has 0 bridgehead atoms. The predicted molar refractivity (Wildman–Crippen MR) is 89.2 cm³/mol. The van der Waals surface area contributed by atoms with Crippen molar-refractivity contribution < 1.29 is 18.7 Å². The van der Waals surface area contributed by atoms with Crippen molar-refractivity contribution in [3.05, 3.63) is 46.7 Å². The Morgan fingerprint density at radius 1 is 1.38 bits per heavy atom. The van der Waals surface area contributed by atoms with Gasteiger partial charge in [0.1, 0.15) is 5.82 Å². The molecule has 128 valence electrons. The van der Waals surface area contributed by atoms with Crippen molar-refractivity contribution in [2.45, 2.75) is 25.8 Å². The predicted octanol–water partition coefficient (Wildman–Crippen LogP) is 1.90.